The molecule has 1 aliphatic heterocycles. The van der Waals surface area contributed by atoms with Crippen LogP contribution >= 0.6 is 0 Å². The Morgan fingerprint density at radius 2 is 1.79 bits per heavy atom. The molecular weight excluding hydrogens is 326 g/mol. The Bertz CT molecular complexity index is 801. The van der Waals surface area contributed by atoms with Gasteiger partial charge in [-0.2, -0.15) is 0 Å². The summed E-state index contributed by atoms with van der Waals surface area (Å²) in [6.07, 6.45) is 0.395. The number of sulfone groups is 1. The van der Waals surface area contributed by atoms with E-state index in [1.165, 1.54) is 0 Å². The van der Waals surface area contributed by atoms with Gasteiger partial charge in [0, 0.05) is 5.69 Å². The minimum atomic E-state index is -3.05. The fourth-order valence-electron chi connectivity index (χ4n) is 2.62. The van der Waals surface area contributed by atoms with Gasteiger partial charge in [-0.05, 0) is 36.2 Å². The van der Waals surface area contributed by atoms with Crippen LogP contribution in [0.3, 0.4) is 0 Å². The summed E-state index contributed by atoms with van der Waals surface area (Å²) in [6, 6.07) is 16.9. The van der Waals surface area contributed by atoms with Crippen molar-refractivity contribution in [2.75, 3.05) is 16.8 Å². The average molecular weight is 345 g/mol. The number of hydrogen-bond acceptors (Lipinski definition) is 4. The number of carbonyl (C=O) groups excluding carboxylic acids is 1. The second-order valence-corrected chi connectivity index (χ2v) is 8.12. The monoisotopic (exact) mass is 345 g/mol. The highest BCUT2D eigenvalue weighted by Crippen LogP contribution is 2.22. The van der Waals surface area contributed by atoms with Crippen molar-refractivity contribution in [1.29, 1.82) is 0 Å². The molecule has 0 aromatic heterocycles. The number of amides is 1. The van der Waals surface area contributed by atoms with Crippen LogP contribution in [0.4, 0.5) is 5.69 Å². The summed E-state index contributed by atoms with van der Waals surface area (Å²) in [5.74, 6) is 0.0485. The van der Waals surface area contributed by atoms with Crippen LogP contribution in [0.15, 0.2) is 54.6 Å². The van der Waals surface area contributed by atoms with Crippen molar-refractivity contribution in [3.05, 3.63) is 60.2 Å². The average Bonchev–Trinajstić information content (AvgIpc) is 2.95. The first-order valence-corrected chi connectivity index (χ1v) is 9.62. The van der Waals surface area contributed by atoms with E-state index < -0.39 is 15.8 Å². The molecular formula is C18H19NO4S. The van der Waals surface area contributed by atoms with Gasteiger partial charge in [-0.15, -0.1) is 0 Å². The molecule has 0 bridgehead atoms. The summed E-state index contributed by atoms with van der Waals surface area (Å²) >= 11 is 0. The number of carbonyl (C=O) groups is 1. The summed E-state index contributed by atoms with van der Waals surface area (Å²) in [7, 11) is -3.05. The quantitative estimate of drug-likeness (QED) is 0.904. The topological polar surface area (TPSA) is 72.5 Å². The van der Waals surface area contributed by atoms with Gasteiger partial charge in [0.15, 0.2) is 9.84 Å². The van der Waals surface area contributed by atoms with Gasteiger partial charge in [0.2, 0.25) is 5.91 Å². The summed E-state index contributed by atoms with van der Waals surface area (Å²) in [4.78, 5) is 12.1. The summed E-state index contributed by atoms with van der Waals surface area (Å²) < 4.78 is 28.6. The maximum atomic E-state index is 12.1. The SMILES string of the molecule is O=C(Nc1ccc(OCc2ccccc2)cc1)[C@@H]1CCS(=O)(=O)C1. The van der Waals surface area contributed by atoms with Gasteiger partial charge in [-0.3, -0.25) is 4.79 Å². The van der Waals surface area contributed by atoms with Crippen LogP contribution in [0.2, 0.25) is 0 Å². The predicted octanol–water partition coefficient (Wildman–Crippen LogP) is 2.64. The lowest BCUT2D eigenvalue weighted by Crippen LogP contribution is -2.23. The second kappa shape index (κ2) is 7.05. The molecule has 1 amide bonds. The Kier molecular flexibility index (Phi) is 4.85. The molecule has 126 valence electrons. The highest BCUT2D eigenvalue weighted by Gasteiger charge is 2.32. The Labute approximate surface area is 141 Å². The molecule has 0 aliphatic carbocycles. The van der Waals surface area contributed by atoms with Crippen molar-refractivity contribution in [2.24, 2.45) is 5.92 Å². The molecule has 0 radical (unpaired) electrons. The molecule has 1 heterocycles. The Hall–Kier alpha value is -2.34. The third kappa shape index (κ3) is 4.35. The molecule has 5 nitrogen and oxygen atoms in total. The van der Waals surface area contributed by atoms with Crippen LogP contribution in [-0.2, 0) is 21.2 Å². The molecule has 1 fully saturated rings. The standard InChI is InChI=1S/C18H19NO4S/c20-18(15-10-11-24(21,22)13-15)19-16-6-8-17(9-7-16)23-12-14-4-2-1-3-5-14/h1-9,15H,10-13H2,(H,19,20)/t15-/m1/s1. The lowest BCUT2D eigenvalue weighted by atomic mass is 10.1. The zero-order valence-electron chi connectivity index (χ0n) is 13.1. The first-order chi connectivity index (χ1) is 11.5. The van der Waals surface area contributed by atoms with Crippen LogP contribution in [0.5, 0.6) is 5.75 Å². The number of anilines is 1. The van der Waals surface area contributed by atoms with Crippen LogP contribution < -0.4 is 10.1 Å². The summed E-state index contributed by atoms with van der Waals surface area (Å²) in [5, 5.41) is 2.76. The van der Waals surface area contributed by atoms with E-state index in [2.05, 4.69) is 5.32 Å². The molecule has 0 unspecified atom stereocenters. The Morgan fingerprint density at radius 3 is 2.42 bits per heavy atom. The van der Waals surface area contributed by atoms with Gasteiger partial charge in [0.1, 0.15) is 12.4 Å². The largest absolute Gasteiger partial charge is 0.489 e. The zero-order valence-corrected chi connectivity index (χ0v) is 14.0. The van der Waals surface area contributed by atoms with E-state index in [-0.39, 0.29) is 17.4 Å². The van der Waals surface area contributed by atoms with Crippen molar-refractivity contribution in [3.63, 3.8) is 0 Å². The third-order valence-electron chi connectivity index (χ3n) is 3.97. The predicted molar refractivity (Wildman–Crippen MR) is 92.6 cm³/mol. The van der Waals surface area contributed by atoms with Crippen LogP contribution in [0, 0.1) is 5.92 Å². The van der Waals surface area contributed by atoms with Crippen LogP contribution in [0.25, 0.3) is 0 Å². The first kappa shape index (κ1) is 16.5. The number of nitrogens with one attached hydrogen (secondary N) is 1. The number of rotatable bonds is 5. The Balaban J connectivity index is 1.54. The van der Waals surface area contributed by atoms with E-state index in [0.29, 0.717) is 24.5 Å². The molecule has 0 saturated carbocycles. The Morgan fingerprint density at radius 1 is 1.08 bits per heavy atom. The highest BCUT2D eigenvalue weighted by atomic mass is 32.2. The maximum Gasteiger partial charge on any atom is 0.228 e. The van der Waals surface area contributed by atoms with Crippen LogP contribution in [-0.4, -0.2) is 25.8 Å². The van der Waals surface area contributed by atoms with Gasteiger partial charge >= 0.3 is 0 Å². The zero-order chi connectivity index (χ0) is 17.0. The fourth-order valence-corrected chi connectivity index (χ4v) is 4.36. The molecule has 2 aromatic rings. The minimum Gasteiger partial charge on any atom is -0.489 e. The van der Waals surface area contributed by atoms with Gasteiger partial charge in [0.05, 0.1) is 17.4 Å². The molecule has 0 spiro atoms. The lowest BCUT2D eigenvalue weighted by molar-refractivity contribution is -0.119. The van der Waals surface area contributed by atoms with Crippen molar-refractivity contribution >= 4 is 21.4 Å². The molecule has 1 atom stereocenters. The van der Waals surface area contributed by atoms with E-state index >= 15 is 0 Å². The van der Waals surface area contributed by atoms with E-state index in [4.69, 9.17) is 4.74 Å². The smallest absolute Gasteiger partial charge is 0.228 e. The molecule has 1 aliphatic rings. The third-order valence-corrected chi connectivity index (χ3v) is 5.74. The van der Waals surface area contributed by atoms with E-state index in [1.807, 2.05) is 30.3 Å². The maximum absolute atomic E-state index is 12.1. The van der Waals surface area contributed by atoms with Crippen molar-refractivity contribution < 1.29 is 17.9 Å². The molecule has 1 saturated heterocycles. The van der Waals surface area contributed by atoms with Gasteiger partial charge in [0.25, 0.3) is 0 Å². The molecule has 24 heavy (non-hydrogen) atoms. The molecule has 1 N–H and O–H groups in total. The van der Waals surface area contributed by atoms with E-state index in [9.17, 15) is 13.2 Å². The van der Waals surface area contributed by atoms with E-state index in [1.54, 1.807) is 24.3 Å². The molecule has 6 heteroatoms. The van der Waals surface area contributed by atoms with Gasteiger partial charge < -0.3 is 10.1 Å². The highest BCUT2D eigenvalue weighted by molar-refractivity contribution is 7.91. The molecule has 2 aromatic carbocycles. The molecule has 3 rings (SSSR count). The number of hydrogen-bond donors (Lipinski definition) is 1. The summed E-state index contributed by atoms with van der Waals surface area (Å²) in [5.41, 5.74) is 1.72. The van der Waals surface area contributed by atoms with Gasteiger partial charge in [-0.1, -0.05) is 30.3 Å². The minimum absolute atomic E-state index is 0.0584. The lowest BCUT2D eigenvalue weighted by Gasteiger charge is -2.11. The van der Waals surface area contributed by atoms with Gasteiger partial charge in [-0.25, -0.2) is 8.42 Å². The number of ether oxygens (including phenoxy) is 1. The second-order valence-electron chi connectivity index (χ2n) is 5.89. The van der Waals surface area contributed by atoms with E-state index in [0.717, 1.165) is 5.56 Å². The van der Waals surface area contributed by atoms with Crippen LogP contribution in [0.1, 0.15) is 12.0 Å². The van der Waals surface area contributed by atoms with Crippen molar-refractivity contribution in [3.8, 4) is 5.75 Å². The number of benzene rings is 2. The van der Waals surface area contributed by atoms with Crippen molar-refractivity contribution in [1.82, 2.24) is 0 Å². The normalized spacial score (nSPS) is 18.9. The summed E-state index contributed by atoms with van der Waals surface area (Å²) in [6.45, 7) is 0.479. The van der Waals surface area contributed by atoms with Crippen molar-refractivity contribution in [2.45, 2.75) is 13.0 Å². The first-order valence-electron chi connectivity index (χ1n) is 7.80. The fraction of sp³-hybridized carbons (Fsp3) is 0.278.